The number of hydrogen-bond donors (Lipinski definition) is 0. The van der Waals surface area contributed by atoms with Gasteiger partial charge in [0, 0.05) is 34.1 Å². The molecule has 3 rings (SSSR count). The summed E-state index contributed by atoms with van der Waals surface area (Å²) in [5.41, 5.74) is 3.68. The van der Waals surface area contributed by atoms with Crippen LogP contribution in [0.5, 0.6) is 5.75 Å². The van der Waals surface area contributed by atoms with Gasteiger partial charge < -0.3 is 18.6 Å². The molecule has 0 bridgehead atoms. The molecule has 0 spiro atoms. The molecular formula is C32H32O8. The predicted molar refractivity (Wildman–Crippen MR) is 152 cm³/mol. The van der Waals surface area contributed by atoms with Crippen LogP contribution in [0.4, 0.5) is 0 Å². The van der Waals surface area contributed by atoms with Crippen molar-refractivity contribution in [3.63, 3.8) is 0 Å². The number of aryl methyl sites for hydroxylation is 1. The minimum Gasteiger partial charge on any atom is -0.462 e. The van der Waals surface area contributed by atoms with Crippen LogP contribution in [0.3, 0.4) is 0 Å². The van der Waals surface area contributed by atoms with Gasteiger partial charge in [-0.05, 0) is 80.6 Å². The molecule has 3 aromatic rings. The maximum absolute atomic E-state index is 12.7. The summed E-state index contributed by atoms with van der Waals surface area (Å²) in [7, 11) is 0. The van der Waals surface area contributed by atoms with Crippen molar-refractivity contribution < 1.29 is 33.0 Å². The maximum Gasteiger partial charge on any atom is 0.339 e. The normalized spacial score (nSPS) is 10.6. The molecule has 0 saturated heterocycles. The summed E-state index contributed by atoms with van der Waals surface area (Å²) < 4.78 is 21.3. The average molecular weight is 545 g/mol. The molecule has 208 valence electrons. The van der Waals surface area contributed by atoms with Crippen molar-refractivity contribution in [2.24, 2.45) is 0 Å². The molecule has 0 atom stereocenters. The summed E-state index contributed by atoms with van der Waals surface area (Å²) in [6, 6.07) is 12.4. The van der Waals surface area contributed by atoms with Crippen molar-refractivity contribution in [1.29, 1.82) is 0 Å². The van der Waals surface area contributed by atoms with Crippen LogP contribution in [0.25, 0.3) is 22.1 Å². The maximum atomic E-state index is 12.7. The molecule has 0 saturated carbocycles. The molecule has 2 aromatic carbocycles. The third kappa shape index (κ3) is 7.89. The second-order valence-electron chi connectivity index (χ2n) is 9.49. The van der Waals surface area contributed by atoms with Gasteiger partial charge in [0.2, 0.25) is 0 Å². The highest BCUT2D eigenvalue weighted by molar-refractivity contribution is 5.89. The lowest BCUT2D eigenvalue weighted by atomic mass is 9.94. The van der Waals surface area contributed by atoms with E-state index < -0.39 is 23.5 Å². The topological polar surface area (TPSA) is 109 Å². The molecule has 8 heteroatoms. The molecule has 0 aliphatic heterocycles. The van der Waals surface area contributed by atoms with E-state index in [9.17, 15) is 19.2 Å². The summed E-state index contributed by atoms with van der Waals surface area (Å²) in [6.45, 7) is 15.7. The molecule has 1 heterocycles. The molecule has 40 heavy (non-hydrogen) atoms. The van der Waals surface area contributed by atoms with E-state index in [0.717, 1.165) is 16.7 Å². The Bertz CT molecular complexity index is 1540. The Hall–Kier alpha value is -4.72. The molecule has 1 aromatic heterocycles. The molecule has 0 unspecified atom stereocenters. The number of fused-ring (bicyclic) bond motifs is 1. The van der Waals surface area contributed by atoms with E-state index in [4.69, 9.17) is 18.6 Å². The van der Waals surface area contributed by atoms with Gasteiger partial charge in [-0.15, -0.1) is 0 Å². The van der Waals surface area contributed by atoms with E-state index in [1.54, 1.807) is 57.2 Å². The monoisotopic (exact) mass is 544 g/mol. The van der Waals surface area contributed by atoms with Crippen LogP contribution < -0.4 is 10.4 Å². The van der Waals surface area contributed by atoms with Crippen molar-refractivity contribution in [2.75, 3.05) is 13.2 Å². The number of hydrogen-bond acceptors (Lipinski definition) is 8. The van der Waals surface area contributed by atoms with Crippen molar-refractivity contribution in [3.05, 3.63) is 100 Å². The third-order valence-electron chi connectivity index (χ3n) is 5.88. The first-order valence-electron chi connectivity index (χ1n) is 12.7. The average Bonchev–Trinajstić information content (AvgIpc) is 2.91. The van der Waals surface area contributed by atoms with Crippen molar-refractivity contribution in [3.8, 4) is 16.9 Å². The molecule has 0 radical (unpaired) electrons. The minimum absolute atomic E-state index is 0.0172. The van der Waals surface area contributed by atoms with Gasteiger partial charge in [0.15, 0.2) is 0 Å². The zero-order valence-electron chi connectivity index (χ0n) is 23.0. The first-order valence-corrected chi connectivity index (χ1v) is 12.7. The fourth-order valence-electron chi connectivity index (χ4n) is 3.73. The number of ether oxygens (including phenoxy) is 3. The fourth-order valence-corrected chi connectivity index (χ4v) is 3.73. The Labute approximate surface area is 232 Å². The van der Waals surface area contributed by atoms with Gasteiger partial charge in [-0.1, -0.05) is 31.9 Å². The van der Waals surface area contributed by atoms with E-state index in [2.05, 4.69) is 19.7 Å². The highest BCUT2D eigenvalue weighted by atomic mass is 16.5. The SMILES string of the molecule is C=C(C)C(=O)OCCCc1cc2cc(CCOC(=O)C(=C)C)c(=O)oc2cc1-c1ccc(OC(=O)C(=C)C)cc1. The van der Waals surface area contributed by atoms with Crippen LogP contribution in [0.15, 0.2) is 88.1 Å². The molecule has 0 amide bonds. The summed E-state index contributed by atoms with van der Waals surface area (Å²) in [5, 5.41) is 0.700. The number of carbonyl (C=O) groups excluding carboxylic acids is 3. The van der Waals surface area contributed by atoms with Crippen LogP contribution in [0.1, 0.15) is 38.3 Å². The van der Waals surface area contributed by atoms with Crippen LogP contribution in [0.2, 0.25) is 0 Å². The Balaban J connectivity index is 1.93. The van der Waals surface area contributed by atoms with Crippen LogP contribution in [-0.4, -0.2) is 31.1 Å². The minimum atomic E-state index is -0.523. The van der Waals surface area contributed by atoms with Gasteiger partial charge in [-0.3, -0.25) is 0 Å². The lowest BCUT2D eigenvalue weighted by molar-refractivity contribution is -0.139. The first kappa shape index (κ1) is 29.8. The molecule has 0 aliphatic rings. The highest BCUT2D eigenvalue weighted by Gasteiger charge is 2.14. The quantitative estimate of drug-likeness (QED) is 0.0945. The van der Waals surface area contributed by atoms with Gasteiger partial charge in [-0.25, -0.2) is 19.2 Å². The number of rotatable bonds is 12. The lowest BCUT2D eigenvalue weighted by Gasteiger charge is -2.13. The number of esters is 3. The first-order chi connectivity index (χ1) is 19.0. The molecular weight excluding hydrogens is 512 g/mol. The van der Waals surface area contributed by atoms with E-state index >= 15 is 0 Å². The second-order valence-corrected chi connectivity index (χ2v) is 9.49. The Morgan fingerprint density at radius 2 is 1.32 bits per heavy atom. The number of carbonyl (C=O) groups is 3. The largest absolute Gasteiger partial charge is 0.462 e. The van der Waals surface area contributed by atoms with Crippen molar-refractivity contribution in [1.82, 2.24) is 0 Å². The Morgan fingerprint density at radius 1 is 0.750 bits per heavy atom. The van der Waals surface area contributed by atoms with Crippen molar-refractivity contribution >= 4 is 28.9 Å². The molecule has 0 N–H and O–H groups in total. The third-order valence-corrected chi connectivity index (χ3v) is 5.88. The molecule has 0 fully saturated rings. The van der Waals surface area contributed by atoms with Crippen LogP contribution in [0, 0.1) is 0 Å². The fraction of sp³-hybridized carbons (Fsp3) is 0.250. The van der Waals surface area contributed by atoms with E-state index in [-0.39, 0.29) is 30.8 Å². The van der Waals surface area contributed by atoms with Gasteiger partial charge in [0.25, 0.3) is 0 Å². The smallest absolute Gasteiger partial charge is 0.339 e. The lowest BCUT2D eigenvalue weighted by Crippen LogP contribution is -2.13. The summed E-state index contributed by atoms with van der Waals surface area (Å²) >= 11 is 0. The molecule has 0 aliphatic carbocycles. The number of benzene rings is 2. The summed E-state index contributed by atoms with van der Waals surface area (Å²) in [5.74, 6) is -1.12. The van der Waals surface area contributed by atoms with E-state index in [0.29, 0.717) is 40.7 Å². The standard InChI is InChI=1S/C32H32O8/c1-19(2)29(33)37-14-7-8-23-16-25-17-24(13-15-38-30(34)20(3)4)32(36)40-28(25)18-27(23)22-9-11-26(12-10-22)39-31(35)21(5)6/h9-12,16-18H,1,3,5,7-8,13-15H2,2,4,6H3. The second kappa shape index (κ2) is 13.4. The zero-order chi connectivity index (χ0) is 29.4. The van der Waals surface area contributed by atoms with Gasteiger partial charge in [0.1, 0.15) is 11.3 Å². The Morgan fingerprint density at radius 3 is 1.93 bits per heavy atom. The van der Waals surface area contributed by atoms with E-state index in [1.165, 1.54) is 0 Å². The highest BCUT2D eigenvalue weighted by Crippen LogP contribution is 2.31. The van der Waals surface area contributed by atoms with Crippen LogP contribution >= 0.6 is 0 Å². The van der Waals surface area contributed by atoms with Crippen molar-refractivity contribution in [2.45, 2.75) is 40.0 Å². The summed E-state index contributed by atoms with van der Waals surface area (Å²) in [4.78, 5) is 48.0. The van der Waals surface area contributed by atoms with Crippen LogP contribution in [-0.2, 0) is 36.7 Å². The van der Waals surface area contributed by atoms with Gasteiger partial charge in [0.05, 0.1) is 13.2 Å². The van der Waals surface area contributed by atoms with Gasteiger partial charge >= 0.3 is 23.5 Å². The molecule has 8 nitrogen and oxygen atoms in total. The van der Waals surface area contributed by atoms with E-state index in [1.807, 2.05) is 6.07 Å². The predicted octanol–water partition coefficient (Wildman–Crippen LogP) is 5.66. The van der Waals surface area contributed by atoms with Gasteiger partial charge in [-0.2, -0.15) is 0 Å². The Kier molecular flexibility index (Phi) is 9.97. The zero-order valence-corrected chi connectivity index (χ0v) is 23.0. The summed E-state index contributed by atoms with van der Waals surface area (Å²) in [6.07, 6.45) is 1.30.